The van der Waals surface area contributed by atoms with Crippen LogP contribution in [-0.2, 0) is 9.47 Å². The number of nitrogen functional groups attached to an aromatic ring is 1. The molecule has 0 amide bonds. The second-order valence-electron chi connectivity index (χ2n) is 6.40. The summed E-state index contributed by atoms with van der Waals surface area (Å²) in [5.74, 6) is 1.01. The van der Waals surface area contributed by atoms with E-state index >= 15 is 0 Å². The Balaban J connectivity index is 1.40. The van der Waals surface area contributed by atoms with Crippen LogP contribution >= 0.6 is 0 Å². The third kappa shape index (κ3) is 3.09. The summed E-state index contributed by atoms with van der Waals surface area (Å²) < 4.78 is 13.1. The van der Waals surface area contributed by atoms with E-state index in [-0.39, 0.29) is 6.29 Å². The molecule has 1 saturated carbocycles. The highest BCUT2D eigenvalue weighted by atomic mass is 16.7. The predicted octanol–water partition coefficient (Wildman–Crippen LogP) is 2.50. The highest BCUT2D eigenvalue weighted by Gasteiger charge is 2.32. The highest BCUT2D eigenvalue weighted by molar-refractivity contribution is 5.44. The van der Waals surface area contributed by atoms with Crippen LogP contribution in [0.1, 0.15) is 37.3 Å². The standard InChI is InChI=1S/C17H22N4O2/c18-14-5-7-15(8-6-14)21-11-16(19-20-21)12-1-3-13(4-2-12)17-22-9-10-23-17/h5-8,11-13,17H,1-4,9-10,18H2. The van der Waals surface area contributed by atoms with Crippen LogP contribution in [0.5, 0.6) is 0 Å². The molecule has 1 saturated heterocycles. The smallest absolute Gasteiger partial charge is 0.160 e. The quantitative estimate of drug-likeness (QED) is 0.881. The van der Waals surface area contributed by atoms with Crippen LogP contribution in [-0.4, -0.2) is 34.5 Å². The van der Waals surface area contributed by atoms with Crippen LogP contribution in [0.2, 0.25) is 0 Å². The summed E-state index contributed by atoms with van der Waals surface area (Å²) in [4.78, 5) is 0. The zero-order valence-electron chi connectivity index (χ0n) is 13.1. The second kappa shape index (κ2) is 6.29. The summed E-state index contributed by atoms with van der Waals surface area (Å²) in [6.07, 6.45) is 6.55. The number of hydrogen-bond acceptors (Lipinski definition) is 5. The summed E-state index contributed by atoms with van der Waals surface area (Å²) in [6.45, 7) is 1.47. The molecule has 2 N–H and O–H groups in total. The second-order valence-corrected chi connectivity index (χ2v) is 6.40. The van der Waals surface area contributed by atoms with Crippen molar-refractivity contribution in [3.05, 3.63) is 36.2 Å². The number of ether oxygens (including phenoxy) is 2. The number of rotatable bonds is 3. The van der Waals surface area contributed by atoms with Gasteiger partial charge in [-0.25, -0.2) is 4.68 Å². The van der Waals surface area contributed by atoms with Gasteiger partial charge in [-0.2, -0.15) is 0 Å². The van der Waals surface area contributed by atoms with Gasteiger partial charge >= 0.3 is 0 Å². The minimum atomic E-state index is 0.0152. The molecule has 0 spiro atoms. The number of benzene rings is 1. The van der Waals surface area contributed by atoms with Gasteiger partial charge in [-0.15, -0.1) is 5.10 Å². The van der Waals surface area contributed by atoms with Crippen LogP contribution in [0.25, 0.3) is 5.69 Å². The van der Waals surface area contributed by atoms with Gasteiger partial charge in [-0.1, -0.05) is 5.21 Å². The van der Waals surface area contributed by atoms with E-state index in [0.29, 0.717) is 11.8 Å². The molecule has 1 aliphatic heterocycles. The van der Waals surface area contributed by atoms with E-state index < -0.39 is 0 Å². The van der Waals surface area contributed by atoms with Crippen molar-refractivity contribution < 1.29 is 9.47 Å². The van der Waals surface area contributed by atoms with Gasteiger partial charge in [-0.05, 0) is 49.9 Å². The zero-order chi connectivity index (χ0) is 15.6. The number of anilines is 1. The van der Waals surface area contributed by atoms with E-state index in [2.05, 4.69) is 10.3 Å². The van der Waals surface area contributed by atoms with Crippen molar-refractivity contribution in [3.63, 3.8) is 0 Å². The van der Waals surface area contributed by atoms with Crippen LogP contribution in [0.15, 0.2) is 30.5 Å². The number of nitrogens with two attached hydrogens (primary N) is 1. The Bertz CT molecular complexity index is 641. The molecular formula is C17H22N4O2. The van der Waals surface area contributed by atoms with Crippen molar-refractivity contribution >= 4 is 5.69 Å². The van der Waals surface area contributed by atoms with E-state index in [9.17, 15) is 0 Å². The molecule has 4 rings (SSSR count). The largest absolute Gasteiger partial charge is 0.399 e. The number of hydrogen-bond donors (Lipinski definition) is 1. The maximum absolute atomic E-state index is 5.73. The Morgan fingerprint density at radius 1 is 1.00 bits per heavy atom. The third-order valence-corrected chi connectivity index (χ3v) is 4.89. The summed E-state index contributed by atoms with van der Waals surface area (Å²) in [5, 5.41) is 8.64. The fourth-order valence-electron chi connectivity index (χ4n) is 3.55. The molecule has 2 aromatic rings. The summed E-state index contributed by atoms with van der Waals surface area (Å²) in [6, 6.07) is 7.67. The summed E-state index contributed by atoms with van der Waals surface area (Å²) >= 11 is 0. The van der Waals surface area contributed by atoms with E-state index in [0.717, 1.165) is 56.0 Å². The molecule has 0 bridgehead atoms. The first-order valence-electron chi connectivity index (χ1n) is 8.31. The molecule has 122 valence electrons. The molecule has 2 fully saturated rings. The van der Waals surface area contributed by atoms with Crippen molar-refractivity contribution in [3.8, 4) is 5.69 Å². The molecule has 0 radical (unpaired) electrons. The minimum absolute atomic E-state index is 0.0152. The van der Waals surface area contributed by atoms with Crippen LogP contribution in [0.3, 0.4) is 0 Å². The van der Waals surface area contributed by atoms with Gasteiger partial charge in [0, 0.05) is 17.5 Å². The Morgan fingerprint density at radius 3 is 2.39 bits per heavy atom. The van der Waals surface area contributed by atoms with Gasteiger partial charge in [0.15, 0.2) is 6.29 Å². The van der Waals surface area contributed by atoms with Gasteiger partial charge in [0.05, 0.1) is 30.8 Å². The molecule has 6 heteroatoms. The lowest BCUT2D eigenvalue weighted by Gasteiger charge is -2.29. The summed E-state index contributed by atoms with van der Waals surface area (Å²) in [7, 11) is 0. The Labute approximate surface area is 135 Å². The molecular weight excluding hydrogens is 292 g/mol. The topological polar surface area (TPSA) is 75.2 Å². The lowest BCUT2D eigenvalue weighted by atomic mass is 9.80. The average molecular weight is 314 g/mol. The summed E-state index contributed by atoms with van der Waals surface area (Å²) in [5.41, 5.74) is 8.54. The first kappa shape index (κ1) is 14.7. The van der Waals surface area contributed by atoms with Gasteiger partial charge in [-0.3, -0.25) is 0 Å². The van der Waals surface area contributed by atoms with Crippen LogP contribution in [0, 0.1) is 5.92 Å². The normalized spacial score (nSPS) is 25.7. The van der Waals surface area contributed by atoms with Crippen molar-refractivity contribution in [1.82, 2.24) is 15.0 Å². The van der Waals surface area contributed by atoms with Gasteiger partial charge < -0.3 is 15.2 Å². The fraction of sp³-hybridized carbons (Fsp3) is 0.529. The van der Waals surface area contributed by atoms with E-state index in [1.807, 2.05) is 35.1 Å². The highest BCUT2D eigenvalue weighted by Crippen LogP contribution is 2.38. The minimum Gasteiger partial charge on any atom is -0.399 e. The van der Waals surface area contributed by atoms with Crippen molar-refractivity contribution in [2.24, 2.45) is 5.92 Å². The monoisotopic (exact) mass is 314 g/mol. The van der Waals surface area contributed by atoms with E-state index in [4.69, 9.17) is 15.2 Å². The lowest BCUT2D eigenvalue weighted by Crippen LogP contribution is -2.26. The maximum atomic E-state index is 5.73. The van der Waals surface area contributed by atoms with Crippen molar-refractivity contribution in [1.29, 1.82) is 0 Å². The fourth-order valence-corrected chi connectivity index (χ4v) is 3.55. The van der Waals surface area contributed by atoms with E-state index in [1.165, 1.54) is 0 Å². The molecule has 2 heterocycles. The zero-order valence-corrected chi connectivity index (χ0v) is 13.1. The maximum Gasteiger partial charge on any atom is 0.160 e. The van der Waals surface area contributed by atoms with Gasteiger partial charge in [0.25, 0.3) is 0 Å². The first-order valence-corrected chi connectivity index (χ1v) is 8.31. The molecule has 0 unspecified atom stereocenters. The van der Waals surface area contributed by atoms with Gasteiger partial charge in [0.1, 0.15) is 0 Å². The Hall–Kier alpha value is -1.92. The molecule has 1 aliphatic carbocycles. The van der Waals surface area contributed by atoms with Crippen LogP contribution < -0.4 is 5.73 Å². The predicted molar refractivity (Wildman–Crippen MR) is 86.2 cm³/mol. The first-order chi connectivity index (χ1) is 11.3. The Kier molecular flexibility index (Phi) is 4.01. The third-order valence-electron chi connectivity index (χ3n) is 4.89. The molecule has 1 aromatic heterocycles. The molecule has 0 atom stereocenters. The lowest BCUT2D eigenvalue weighted by molar-refractivity contribution is -0.0932. The molecule has 1 aromatic carbocycles. The van der Waals surface area contributed by atoms with Gasteiger partial charge in [0.2, 0.25) is 0 Å². The van der Waals surface area contributed by atoms with Crippen molar-refractivity contribution in [2.45, 2.75) is 37.9 Å². The van der Waals surface area contributed by atoms with E-state index in [1.54, 1.807) is 0 Å². The molecule has 2 aliphatic rings. The SMILES string of the molecule is Nc1ccc(-n2cc(C3CCC(C4OCCO4)CC3)nn2)cc1. The molecule has 6 nitrogen and oxygen atoms in total. The molecule has 23 heavy (non-hydrogen) atoms. The number of aromatic nitrogens is 3. The Morgan fingerprint density at radius 2 is 1.70 bits per heavy atom. The van der Waals surface area contributed by atoms with Crippen LogP contribution in [0.4, 0.5) is 5.69 Å². The number of nitrogens with zero attached hydrogens (tertiary/aromatic N) is 3. The van der Waals surface area contributed by atoms with Crippen molar-refractivity contribution in [2.75, 3.05) is 18.9 Å². The average Bonchev–Trinajstić information content (AvgIpc) is 3.28.